The molecule has 0 unspecified atom stereocenters. The lowest BCUT2D eigenvalue weighted by Gasteiger charge is -2.06. The molecule has 1 aromatic heterocycles. The second-order valence-electron chi connectivity index (χ2n) is 3.76. The summed E-state index contributed by atoms with van der Waals surface area (Å²) in [7, 11) is 0. The number of carbonyl (C=O) groups is 1. The Hall–Kier alpha value is -2.45. The van der Waals surface area contributed by atoms with Gasteiger partial charge >= 0.3 is 5.97 Å². The van der Waals surface area contributed by atoms with Gasteiger partial charge in [0.2, 0.25) is 0 Å². The van der Waals surface area contributed by atoms with Crippen molar-refractivity contribution in [2.45, 2.75) is 6.54 Å². The van der Waals surface area contributed by atoms with Gasteiger partial charge in [-0.15, -0.1) is 0 Å². The first kappa shape index (κ1) is 13.0. The third-order valence-electron chi connectivity index (χ3n) is 2.46. The summed E-state index contributed by atoms with van der Waals surface area (Å²) in [4.78, 5) is 10.7. The number of aromatic carboxylic acids is 1. The molecular formula is C13H9ClN2O3. The monoisotopic (exact) mass is 276 g/mol. The van der Waals surface area contributed by atoms with Crippen molar-refractivity contribution in [1.29, 1.82) is 5.26 Å². The number of carboxylic acid groups (broad SMARTS) is 1. The van der Waals surface area contributed by atoms with Crippen molar-refractivity contribution >= 4 is 23.3 Å². The smallest absolute Gasteiger partial charge is 0.338 e. The first-order valence-electron chi connectivity index (χ1n) is 5.34. The van der Waals surface area contributed by atoms with Crippen LogP contribution in [0.5, 0.6) is 0 Å². The van der Waals surface area contributed by atoms with Crippen molar-refractivity contribution in [2.24, 2.45) is 0 Å². The molecule has 5 nitrogen and oxygen atoms in total. The first-order valence-corrected chi connectivity index (χ1v) is 5.72. The van der Waals surface area contributed by atoms with E-state index in [1.807, 2.05) is 6.07 Å². The minimum atomic E-state index is -1.05. The van der Waals surface area contributed by atoms with E-state index >= 15 is 0 Å². The SMILES string of the molecule is N#Cc1ccc(Cl)cc1NCc1cc(C(=O)O)co1. The Morgan fingerprint density at radius 3 is 2.89 bits per heavy atom. The second-order valence-corrected chi connectivity index (χ2v) is 4.20. The van der Waals surface area contributed by atoms with Gasteiger partial charge in [0.25, 0.3) is 0 Å². The fraction of sp³-hybridized carbons (Fsp3) is 0.0769. The largest absolute Gasteiger partial charge is 0.478 e. The maximum atomic E-state index is 10.7. The zero-order valence-electron chi connectivity index (χ0n) is 9.68. The summed E-state index contributed by atoms with van der Waals surface area (Å²) < 4.78 is 5.09. The van der Waals surface area contributed by atoms with Crippen LogP contribution >= 0.6 is 11.6 Å². The van der Waals surface area contributed by atoms with Gasteiger partial charge in [-0.05, 0) is 24.3 Å². The van der Waals surface area contributed by atoms with Crippen molar-refractivity contribution in [3.63, 3.8) is 0 Å². The number of hydrogen-bond acceptors (Lipinski definition) is 4. The van der Waals surface area contributed by atoms with Gasteiger partial charge in [0, 0.05) is 5.02 Å². The number of furan rings is 1. The maximum absolute atomic E-state index is 10.7. The molecule has 1 heterocycles. The molecule has 0 bridgehead atoms. The lowest BCUT2D eigenvalue weighted by atomic mass is 10.2. The third kappa shape index (κ3) is 3.06. The van der Waals surface area contributed by atoms with Crippen LogP contribution in [0.1, 0.15) is 21.7 Å². The summed E-state index contributed by atoms with van der Waals surface area (Å²) in [5, 5.41) is 21.2. The molecule has 96 valence electrons. The molecule has 0 radical (unpaired) electrons. The highest BCUT2D eigenvalue weighted by Gasteiger charge is 2.09. The summed E-state index contributed by atoms with van der Waals surface area (Å²) in [6.45, 7) is 0.266. The van der Waals surface area contributed by atoms with Gasteiger partial charge in [0.15, 0.2) is 0 Å². The predicted octanol–water partition coefficient (Wildman–Crippen LogP) is 3.11. The molecule has 0 saturated carbocycles. The van der Waals surface area contributed by atoms with E-state index in [4.69, 9.17) is 26.4 Å². The highest BCUT2D eigenvalue weighted by Crippen LogP contribution is 2.21. The number of hydrogen-bond donors (Lipinski definition) is 2. The van der Waals surface area contributed by atoms with Crippen molar-refractivity contribution < 1.29 is 14.3 Å². The molecule has 2 aromatic rings. The molecule has 6 heteroatoms. The Morgan fingerprint density at radius 1 is 1.47 bits per heavy atom. The third-order valence-corrected chi connectivity index (χ3v) is 2.69. The minimum Gasteiger partial charge on any atom is -0.478 e. The molecule has 0 aliphatic carbocycles. The van der Waals surface area contributed by atoms with Gasteiger partial charge in [-0.1, -0.05) is 11.6 Å². The molecule has 0 saturated heterocycles. The Kier molecular flexibility index (Phi) is 3.74. The number of rotatable bonds is 4. The van der Waals surface area contributed by atoms with E-state index in [-0.39, 0.29) is 12.1 Å². The van der Waals surface area contributed by atoms with Crippen LogP contribution in [0.3, 0.4) is 0 Å². The highest BCUT2D eigenvalue weighted by molar-refractivity contribution is 6.30. The Bertz CT molecular complexity index is 658. The molecule has 0 spiro atoms. The average Bonchev–Trinajstić information content (AvgIpc) is 2.85. The summed E-state index contributed by atoms with van der Waals surface area (Å²) in [6, 6.07) is 8.32. The summed E-state index contributed by atoms with van der Waals surface area (Å²) >= 11 is 5.85. The Morgan fingerprint density at radius 2 is 2.26 bits per heavy atom. The number of carboxylic acids is 1. The quantitative estimate of drug-likeness (QED) is 0.896. The topological polar surface area (TPSA) is 86.3 Å². The van der Waals surface area contributed by atoms with E-state index < -0.39 is 5.97 Å². The Balaban J connectivity index is 2.12. The van der Waals surface area contributed by atoms with E-state index in [9.17, 15) is 4.79 Å². The van der Waals surface area contributed by atoms with Crippen molar-refractivity contribution in [3.05, 3.63) is 52.4 Å². The van der Waals surface area contributed by atoms with Crippen molar-refractivity contribution in [2.75, 3.05) is 5.32 Å². The maximum Gasteiger partial charge on any atom is 0.338 e. The molecule has 0 amide bonds. The number of halogens is 1. The highest BCUT2D eigenvalue weighted by atomic mass is 35.5. The van der Waals surface area contributed by atoms with Crippen LogP contribution in [0.25, 0.3) is 0 Å². The molecule has 19 heavy (non-hydrogen) atoms. The molecule has 2 rings (SSSR count). The molecular weight excluding hydrogens is 268 g/mol. The molecule has 1 aromatic carbocycles. The van der Waals surface area contributed by atoms with E-state index in [2.05, 4.69) is 5.32 Å². The van der Waals surface area contributed by atoms with E-state index in [0.29, 0.717) is 22.0 Å². The van der Waals surface area contributed by atoms with Crippen LogP contribution in [0.2, 0.25) is 5.02 Å². The fourth-order valence-electron chi connectivity index (χ4n) is 1.53. The van der Waals surface area contributed by atoms with Gasteiger partial charge in [-0.3, -0.25) is 0 Å². The molecule has 2 N–H and O–H groups in total. The predicted molar refractivity (Wildman–Crippen MR) is 69.2 cm³/mol. The summed E-state index contributed by atoms with van der Waals surface area (Å²) in [5.74, 6) is -0.586. The number of nitriles is 1. The van der Waals surface area contributed by atoms with E-state index in [1.54, 1.807) is 18.2 Å². The summed E-state index contributed by atoms with van der Waals surface area (Å²) in [5.41, 5.74) is 1.11. The van der Waals surface area contributed by atoms with E-state index in [0.717, 1.165) is 0 Å². The van der Waals surface area contributed by atoms with Crippen LogP contribution in [0.4, 0.5) is 5.69 Å². The van der Waals surface area contributed by atoms with Gasteiger partial charge in [0.05, 0.1) is 23.4 Å². The normalized spacial score (nSPS) is 9.89. The Labute approximate surface area is 114 Å². The van der Waals surface area contributed by atoms with Crippen LogP contribution in [0.15, 0.2) is 34.9 Å². The zero-order valence-corrected chi connectivity index (χ0v) is 10.4. The number of benzene rings is 1. The zero-order chi connectivity index (χ0) is 13.8. The van der Waals surface area contributed by atoms with Crippen LogP contribution in [0, 0.1) is 11.3 Å². The lowest BCUT2D eigenvalue weighted by molar-refractivity contribution is 0.0696. The number of nitrogens with one attached hydrogen (secondary N) is 1. The molecule has 0 atom stereocenters. The standard InChI is InChI=1S/C13H9ClN2O3/c14-10-2-1-8(5-15)12(4-10)16-6-11-3-9(7-19-11)13(17)18/h1-4,7,16H,6H2,(H,17,18). The van der Waals surface area contributed by atoms with Crippen LogP contribution in [-0.4, -0.2) is 11.1 Å². The van der Waals surface area contributed by atoms with Crippen LogP contribution in [-0.2, 0) is 6.54 Å². The molecule has 0 aliphatic rings. The van der Waals surface area contributed by atoms with Gasteiger partial charge < -0.3 is 14.8 Å². The fourth-order valence-corrected chi connectivity index (χ4v) is 1.70. The second kappa shape index (κ2) is 5.46. The molecule has 0 aliphatic heterocycles. The number of nitrogens with zero attached hydrogens (tertiary/aromatic N) is 1. The number of anilines is 1. The first-order chi connectivity index (χ1) is 9.10. The van der Waals surface area contributed by atoms with Gasteiger partial charge in [0.1, 0.15) is 18.1 Å². The van der Waals surface area contributed by atoms with Gasteiger partial charge in [-0.2, -0.15) is 5.26 Å². The van der Waals surface area contributed by atoms with Crippen molar-refractivity contribution in [3.8, 4) is 6.07 Å². The summed E-state index contributed by atoms with van der Waals surface area (Å²) in [6.07, 6.45) is 1.17. The van der Waals surface area contributed by atoms with Crippen LogP contribution < -0.4 is 5.32 Å². The lowest BCUT2D eigenvalue weighted by Crippen LogP contribution is -2.00. The van der Waals surface area contributed by atoms with E-state index in [1.165, 1.54) is 12.3 Å². The average molecular weight is 277 g/mol. The van der Waals surface area contributed by atoms with Gasteiger partial charge in [-0.25, -0.2) is 4.79 Å². The van der Waals surface area contributed by atoms with Crippen molar-refractivity contribution in [1.82, 2.24) is 0 Å². The molecule has 0 fully saturated rings. The minimum absolute atomic E-state index is 0.0865.